The van der Waals surface area contributed by atoms with Crippen LogP contribution in [-0.2, 0) is 11.3 Å². The number of fused-ring (bicyclic) bond motifs is 1. The number of amides is 3. The summed E-state index contributed by atoms with van der Waals surface area (Å²) in [6.07, 6.45) is 1.67. The zero-order valence-electron chi connectivity index (χ0n) is 15.8. The first kappa shape index (κ1) is 19.7. The zero-order chi connectivity index (χ0) is 21.1. The van der Waals surface area contributed by atoms with Gasteiger partial charge in [0.2, 0.25) is 5.91 Å². The first-order valence-electron chi connectivity index (χ1n) is 9.31. The number of aromatic nitrogens is 1. The molecule has 30 heavy (non-hydrogen) atoms. The predicted molar refractivity (Wildman–Crippen MR) is 111 cm³/mol. The van der Waals surface area contributed by atoms with E-state index in [1.165, 1.54) is 22.4 Å². The average molecular weight is 419 g/mol. The van der Waals surface area contributed by atoms with Gasteiger partial charge in [0.1, 0.15) is 0 Å². The maximum Gasteiger partial charge on any atom is 0.261 e. The summed E-state index contributed by atoms with van der Waals surface area (Å²) in [6.45, 7) is 0.0897. The maximum absolute atomic E-state index is 12.4. The molecule has 1 aliphatic rings. The van der Waals surface area contributed by atoms with Crippen LogP contribution in [0.25, 0.3) is 0 Å². The van der Waals surface area contributed by atoms with Gasteiger partial charge >= 0.3 is 0 Å². The number of ketones is 1. The summed E-state index contributed by atoms with van der Waals surface area (Å²) in [4.78, 5) is 55.1. The highest BCUT2D eigenvalue weighted by Gasteiger charge is 2.35. The lowest BCUT2D eigenvalue weighted by Crippen LogP contribution is -2.28. The highest BCUT2D eigenvalue weighted by Crippen LogP contribution is 2.27. The smallest absolute Gasteiger partial charge is 0.261 e. The van der Waals surface area contributed by atoms with Gasteiger partial charge in [-0.25, -0.2) is 4.98 Å². The Morgan fingerprint density at radius 2 is 1.53 bits per heavy atom. The Morgan fingerprint density at radius 3 is 2.20 bits per heavy atom. The number of nitrogens with zero attached hydrogens (tertiary/aromatic N) is 2. The van der Waals surface area contributed by atoms with Crippen molar-refractivity contribution in [1.82, 2.24) is 9.88 Å². The van der Waals surface area contributed by atoms with E-state index in [-0.39, 0.29) is 42.9 Å². The molecule has 3 aromatic rings. The molecular formula is C22H17N3O4S. The van der Waals surface area contributed by atoms with Crippen LogP contribution in [0.3, 0.4) is 0 Å². The van der Waals surface area contributed by atoms with E-state index < -0.39 is 0 Å². The summed E-state index contributed by atoms with van der Waals surface area (Å²) in [5, 5.41) is 3.02. The van der Waals surface area contributed by atoms with Gasteiger partial charge in [0.05, 0.1) is 17.7 Å². The van der Waals surface area contributed by atoms with Crippen LogP contribution in [-0.4, -0.2) is 33.4 Å². The number of thiazole rings is 1. The van der Waals surface area contributed by atoms with E-state index in [0.717, 1.165) is 0 Å². The first-order valence-corrected chi connectivity index (χ1v) is 10.1. The number of nitrogens with one attached hydrogen (secondary N) is 1. The number of carbonyl (C=O) groups excluding carboxylic acids is 4. The quantitative estimate of drug-likeness (QED) is 0.467. The number of Topliss-reactive ketones (excluding diaryl/α,β-unsaturated/α-hetero) is 1. The van der Waals surface area contributed by atoms with Crippen LogP contribution < -0.4 is 5.32 Å². The fraction of sp³-hybridized carbons (Fsp3) is 0.136. The standard InChI is InChI=1S/C22H17N3O4S/c26-18(14-6-2-1-3-7-14)10-11-19(27)24-22-23-12-15(30-22)13-25-20(28)16-8-4-5-9-17(16)21(25)29/h1-9,12H,10-11,13H2,(H,23,24,27). The number of hydrogen-bond acceptors (Lipinski definition) is 6. The van der Waals surface area contributed by atoms with Crippen molar-refractivity contribution in [3.05, 3.63) is 82.4 Å². The Balaban J connectivity index is 1.32. The van der Waals surface area contributed by atoms with Crippen molar-refractivity contribution in [3.8, 4) is 0 Å². The van der Waals surface area contributed by atoms with E-state index >= 15 is 0 Å². The fourth-order valence-corrected chi connectivity index (χ4v) is 3.97. The minimum atomic E-state index is -0.339. The van der Waals surface area contributed by atoms with Gasteiger partial charge in [-0.1, -0.05) is 53.8 Å². The van der Waals surface area contributed by atoms with Crippen molar-refractivity contribution in [3.63, 3.8) is 0 Å². The topological polar surface area (TPSA) is 96.4 Å². The third kappa shape index (κ3) is 4.04. The second-order valence-corrected chi connectivity index (χ2v) is 7.83. The number of rotatable bonds is 7. The summed E-state index contributed by atoms with van der Waals surface area (Å²) < 4.78 is 0. The van der Waals surface area contributed by atoms with Crippen molar-refractivity contribution < 1.29 is 19.2 Å². The molecule has 1 aromatic heterocycles. The Morgan fingerprint density at radius 1 is 0.900 bits per heavy atom. The molecule has 0 fully saturated rings. The molecule has 2 heterocycles. The molecule has 0 aliphatic carbocycles. The number of hydrogen-bond donors (Lipinski definition) is 1. The number of imide groups is 1. The van der Waals surface area contributed by atoms with Crippen LogP contribution in [0.15, 0.2) is 60.8 Å². The Labute approximate surface area is 176 Å². The molecule has 0 radical (unpaired) electrons. The molecule has 1 N–H and O–H groups in total. The minimum absolute atomic E-state index is 0.0427. The fourth-order valence-electron chi connectivity index (χ4n) is 3.15. The van der Waals surface area contributed by atoms with Crippen LogP contribution in [0, 0.1) is 0 Å². The van der Waals surface area contributed by atoms with Gasteiger partial charge in [0.25, 0.3) is 11.8 Å². The van der Waals surface area contributed by atoms with Crippen molar-refractivity contribution in [2.45, 2.75) is 19.4 Å². The highest BCUT2D eigenvalue weighted by molar-refractivity contribution is 7.15. The molecule has 0 saturated carbocycles. The lowest BCUT2D eigenvalue weighted by Gasteiger charge is -2.11. The summed E-state index contributed by atoms with van der Waals surface area (Å²) in [7, 11) is 0. The molecule has 0 bridgehead atoms. The van der Waals surface area contributed by atoms with Crippen molar-refractivity contribution in [2.75, 3.05) is 5.32 Å². The zero-order valence-corrected chi connectivity index (χ0v) is 16.6. The number of anilines is 1. The molecule has 0 spiro atoms. The van der Waals surface area contributed by atoms with E-state index in [4.69, 9.17) is 0 Å². The van der Waals surface area contributed by atoms with Gasteiger partial charge in [-0.3, -0.25) is 24.1 Å². The molecule has 1 aliphatic heterocycles. The van der Waals surface area contributed by atoms with Gasteiger partial charge in [0.15, 0.2) is 10.9 Å². The summed E-state index contributed by atoms with van der Waals surface area (Å²) in [5.41, 5.74) is 1.36. The largest absolute Gasteiger partial charge is 0.302 e. The van der Waals surface area contributed by atoms with Gasteiger partial charge in [0, 0.05) is 29.5 Å². The Kier molecular flexibility index (Phi) is 5.49. The SMILES string of the molecule is O=C(CCC(=O)c1ccccc1)Nc1ncc(CN2C(=O)c3ccccc3C2=O)s1. The minimum Gasteiger partial charge on any atom is -0.302 e. The van der Waals surface area contributed by atoms with Gasteiger partial charge in [-0.05, 0) is 12.1 Å². The monoisotopic (exact) mass is 419 g/mol. The molecule has 2 aromatic carbocycles. The lowest BCUT2D eigenvalue weighted by molar-refractivity contribution is -0.116. The summed E-state index contributed by atoms with van der Waals surface area (Å²) in [6, 6.07) is 15.5. The van der Waals surface area contributed by atoms with Crippen LogP contribution in [0.4, 0.5) is 5.13 Å². The van der Waals surface area contributed by atoms with Crippen molar-refractivity contribution in [2.24, 2.45) is 0 Å². The molecule has 0 saturated heterocycles. The van der Waals surface area contributed by atoms with E-state index in [1.807, 2.05) is 6.07 Å². The maximum atomic E-state index is 12.4. The molecule has 4 rings (SSSR count). The van der Waals surface area contributed by atoms with Crippen LogP contribution in [0.2, 0.25) is 0 Å². The predicted octanol–water partition coefficient (Wildman–Crippen LogP) is 3.54. The molecule has 150 valence electrons. The van der Waals surface area contributed by atoms with E-state index in [2.05, 4.69) is 10.3 Å². The third-order valence-electron chi connectivity index (χ3n) is 4.67. The molecule has 0 atom stereocenters. The molecule has 3 amide bonds. The molecule has 7 nitrogen and oxygen atoms in total. The molecule has 8 heteroatoms. The van der Waals surface area contributed by atoms with Crippen LogP contribution >= 0.6 is 11.3 Å². The molecule has 0 unspecified atom stereocenters. The summed E-state index contributed by atoms with van der Waals surface area (Å²) >= 11 is 1.19. The summed E-state index contributed by atoms with van der Waals surface area (Å²) in [5.74, 6) is -1.10. The van der Waals surface area contributed by atoms with Gasteiger partial charge < -0.3 is 5.32 Å². The van der Waals surface area contributed by atoms with E-state index in [1.54, 1.807) is 48.5 Å². The normalized spacial score (nSPS) is 12.7. The highest BCUT2D eigenvalue weighted by atomic mass is 32.1. The van der Waals surface area contributed by atoms with Crippen molar-refractivity contribution in [1.29, 1.82) is 0 Å². The Bertz CT molecular complexity index is 1110. The average Bonchev–Trinajstić information content (AvgIpc) is 3.31. The number of benzene rings is 2. The first-order chi connectivity index (χ1) is 14.5. The second-order valence-electron chi connectivity index (χ2n) is 6.71. The van der Waals surface area contributed by atoms with Crippen LogP contribution in [0.5, 0.6) is 0 Å². The van der Waals surface area contributed by atoms with Crippen molar-refractivity contribution >= 4 is 40.0 Å². The second kappa shape index (κ2) is 8.38. The van der Waals surface area contributed by atoms with Crippen LogP contribution in [0.1, 0.15) is 48.8 Å². The molecular weight excluding hydrogens is 402 g/mol. The van der Waals surface area contributed by atoms with E-state index in [9.17, 15) is 19.2 Å². The van der Waals surface area contributed by atoms with Gasteiger partial charge in [-0.15, -0.1) is 0 Å². The Hall–Kier alpha value is -3.65. The van der Waals surface area contributed by atoms with E-state index in [0.29, 0.717) is 26.7 Å². The number of carbonyl (C=O) groups is 4. The third-order valence-corrected chi connectivity index (χ3v) is 5.56. The van der Waals surface area contributed by atoms with Gasteiger partial charge in [-0.2, -0.15) is 0 Å². The lowest BCUT2D eigenvalue weighted by atomic mass is 10.1.